The van der Waals surface area contributed by atoms with E-state index < -0.39 is 0 Å². The molecule has 1 nitrogen and oxygen atoms in total. The van der Waals surface area contributed by atoms with E-state index >= 15 is 0 Å². The van der Waals surface area contributed by atoms with Gasteiger partial charge >= 0.3 is 0 Å². The lowest BCUT2D eigenvalue weighted by Crippen LogP contribution is -2.33. The van der Waals surface area contributed by atoms with E-state index in [0.29, 0.717) is 11.5 Å². The van der Waals surface area contributed by atoms with Crippen molar-refractivity contribution in [3.05, 3.63) is 34.9 Å². The Morgan fingerprint density at radius 3 is 2.21 bits per heavy atom. The molecule has 0 saturated heterocycles. The van der Waals surface area contributed by atoms with Gasteiger partial charge in [0.1, 0.15) is 0 Å². The van der Waals surface area contributed by atoms with Crippen molar-refractivity contribution in [1.29, 1.82) is 0 Å². The number of nitrogens with one attached hydrogen (secondary N) is 1. The Morgan fingerprint density at radius 1 is 1.11 bits per heavy atom. The van der Waals surface area contributed by atoms with E-state index in [1.807, 2.05) is 0 Å². The molecule has 0 saturated carbocycles. The fourth-order valence-corrected chi connectivity index (χ4v) is 2.30. The topological polar surface area (TPSA) is 12.0 Å². The molecule has 0 aromatic heterocycles. The van der Waals surface area contributed by atoms with Gasteiger partial charge in [0.15, 0.2) is 0 Å². The van der Waals surface area contributed by atoms with Gasteiger partial charge in [0.2, 0.25) is 0 Å². The number of likely N-dealkylation sites (N-methyl/N-ethyl adjacent to an activating group) is 1. The van der Waals surface area contributed by atoms with Crippen LogP contribution in [0.4, 0.5) is 0 Å². The Balaban J connectivity index is 2.69. The van der Waals surface area contributed by atoms with Gasteiger partial charge in [0, 0.05) is 6.04 Å². The monoisotopic (exact) mass is 261 g/mol. The van der Waals surface area contributed by atoms with Crippen LogP contribution in [0, 0.1) is 25.2 Å². The summed E-state index contributed by atoms with van der Waals surface area (Å²) in [7, 11) is 2.08. The molecule has 0 bridgehead atoms. The van der Waals surface area contributed by atoms with Gasteiger partial charge in [-0.2, -0.15) is 0 Å². The van der Waals surface area contributed by atoms with Crippen LogP contribution in [0.25, 0.3) is 0 Å². The summed E-state index contributed by atoms with van der Waals surface area (Å²) in [6.45, 7) is 13.7. The van der Waals surface area contributed by atoms with Gasteiger partial charge in [0.05, 0.1) is 0 Å². The van der Waals surface area contributed by atoms with Gasteiger partial charge in [-0.3, -0.25) is 0 Å². The van der Waals surface area contributed by atoms with Gasteiger partial charge in [-0.25, -0.2) is 0 Å². The maximum Gasteiger partial charge on any atom is 0.0107 e. The van der Waals surface area contributed by atoms with Crippen molar-refractivity contribution in [3.8, 4) is 0 Å². The molecule has 0 radical (unpaired) electrons. The molecule has 0 fully saturated rings. The van der Waals surface area contributed by atoms with Crippen LogP contribution in [-0.4, -0.2) is 13.1 Å². The first-order chi connectivity index (χ1) is 8.74. The molecule has 1 rings (SSSR count). The van der Waals surface area contributed by atoms with Crippen LogP contribution in [-0.2, 0) is 6.42 Å². The maximum absolute atomic E-state index is 3.49. The van der Waals surface area contributed by atoms with Crippen molar-refractivity contribution in [3.63, 3.8) is 0 Å². The van der Waals surface area contributed by atoms with Gasteiger partial charge in [-0.1, -0.05) is 45.9 Å². The van der Waals surface area contributed by atoms with Crippen molar-refractivity contribution in [2.24, 2.45) is 11.3 Å². The molecule has 0 aliphatic carbocycles. The third-order valence-corrected chi connectivity index (χ3v) is 4.58. The Bertz CT molecular complexity index is 401. The lowest BCUT2D eigenvalue weighted by Gasteiger charge is -2.31. The Kier molecular flexibility index (Phi) is 5.61. The van der Waals surface area contributed by atoms with Crippen LogP contribution >= 0.6 is 0 Å². The summed E-state index contributed by atoms with van der Waals surface area (Å²) in [6.07, 6.45) is 2.35. The molecule has 1 aromatic rings. The largest absolute Gasteiger partial charge is 0.317 e. The Hall–Kier alpha value is -0.820. The number of aryl methyl sites for hydroxylation is 2. The summed E-state index contributed by atoms with van der Waals surface area (Å²) in [5, 5.41) is 3.49. The average molecular weight is 261 g/mol. The molecule has 0 heterocycles. The number of hydrogen-bond donors (Lipinski definition) is 1. The average Bonchev–Trinajstić information content (AvgIpc) is 2.31. The predicted octanol–water partition coefficient (Wildman–Crippen LogP) is 4.51. The molecule has 2 atom stereocenters. The quantitative estimate of drug-likeness (QED) is 0.822. The van der Waals surface area contributed by atoms with Crippen LogP contribution in [0.5, 0.6) is 0 Å². The molecule has 19 heavy (non-hydrogen) atoms. The second-order valence-corrected chi connectivity index (χ2v) is 7.11. The van der Waals surface area contributed by atoms with E-state index in [-0.39, 0.29) is 0 Å². The van der Waals surface area contributed by atoms with Crippen LogP contribution in [0.3, 0.4) is 0 Å². The zero-order chi connectivity index (χ0) is 14.6. The third-order valence-electron chi connectivity index (χ3n) is 4.58. The first kappa shape index (κ1) is 16.2. The van der Waals surface area contributed by atoms with Crippen LogP contribution in [0.1, 0.15) is 50.8 Å². The molecule has 108 valence electrons. The predicted molar refractivity (Wildman–Crippen MR) is 85.7 cm³/mol. The van der Waals surface area contributed by atoms with Gasteiger partial charge < -0.3 is 5.32 Å². The van der Waals surface area contributed by atoms with Crippen molar-refractivity contribution in [2.75, 3.05) is 7.05 Å². The molecular formula is C18H31N. The van der Waals surface area contributed by atoms with E-state index in [0.717, 1.165) is 12.3 Å². The van der Waals surface area contributed by atoms with Crippen molar-refractivity contribution in [2.45, 2.75) is 60.4 Å². The standard InChI is InChI=1S/C18H31N/c1-13-8-9-16(10-14(13)2)12-17(19-7)11-15(3)18(4,5)6/h8-10,15,17,19H,11-12H2,1-7H3. The highest BCUT2D eigenvalue weighted by molar-refractivity contribution is 5.30. The molecule has 0 spiro atoms. The molecule has 2 unspecified atom stereocenters. The molecule has 0 aliphatic heterocycles. The Morgan fingerprint density at radius 2 is 1.74 bits per heavy atom. The Labute approximate surface area is 119 Å². The van der Waals surface area contributed by atoms with Crippen molar-refractivity contribution >= 4 is 0 Å². The second kappa shape index (κ2) is 6.56. The summed E-state index contributed by atoms with van der Waals surface area (Å²) < 4.78 is 0. The van der Waals surface area contributed by atoms with Crippen LogP contribution in [0.2, 0.25) is 0 Å². The number of hydrogen-bond acceptors (Lipinski definition) is 1. The summed E-state index contributed by atoms with van der Waals surface area (Å²) in [4.78, 5) is 0. The van der Waals surface area contributed by atoms with Gasteiger partial charge in [-0.05, 0) is 61.8 Å². The third kappa shape index (κ3) is 4.99. The maximum atomic E-state index is 3.49. The molecule has 0 aliphatic rings. The summed E-state index contributed by atoms with van der Waals surface area (Å²) in [5.41, 5.74) is 4.62. The highest BCUT2D eigenvalue weighted by Gasteiger charge is 2.23. The van der Waals surface area contributed by atoms with E-state index in [1.54, 1.807) is 0 Å². The highest BCUT2D eigenvalue weighted by atomic mass is 14.9. The van der Waals surface area contributed by atoms with Gasteiger partial charge in [0.25, 0.3) is 0 Å². The number of benzene rings is 1. The summed E-state index contributed by atoms with van der Waals surface area (Å²) >= 11 is 0. The highest BCUT2D eigenvalue weighted by Crippen LogP contribution is 2.29. The summed E-state index contributed by atoms with van der Waals surface area (Å²) in [6, 6.07) is 7.41. The first-order valence-electron chi connectivity index (χ1n) is 7.47. The van der Waals surface area contributed by atoms with Crippen molar-refractivity contribution < 1.29 is 0 Å². The summed E-state index contributed by atoms with van der Waals surface area (Å²) in [5.74, 6) is 0.719. The SMILES string of the molecule is CNC(Cc1ccc(C)c(C)c1)CC(C)C(C)(C)C. The fraction of sp³-hybridized carbons (Fsp3) is 0.667. The zero-order valence-corrected chi connectivity index (χ0v) is 13.8. The molecular weight excluding hydrogens is 230 g/mol. The number of rotatable bonds is 5. The molecule has 1 N–H and O–H groups in total. The van der Waals surface area contributed by atoms with E-state index in [2.05, 4.69) is 72.1 Å². The minimum absolute atomic E-state index is 0.387. The second-order valence-electron chi connectivity index (χ2n) is 7.11. The zero-order valence-electron chi connectivity index (χ0n) is 13.8. The molecule has 1 aromatic carbocycles. The first-order valence-corrected chi connectivity index (χ1v) is 7.47. The lowest BCUT2D eigenvalue weighted by atomic mass is 9.78. The van der Waals surface area contributed by atoms with E-state index in [9.17, 15) is 0 Å². The van der Waals surface area contributed by atoms with Crippen LogP contribution in [0.15, 0.2) is 18.2 Å². The molecule has 1 heteroatoms. The van der Waals surface area contributed by atoms with Crippen LogP contribution < -0.4 is 5.32 Å². The fourth-order valence-electron chi connectivity index (χ4n) is 2.30. The minimum atomic E-state index is 0.387. The molecule has 0 amide bonds. The van der Waals surface area contributed by atoms with Crippen molar-refractivity contribution in [1.82, 2.24) is 5.32 Å². The lowest BCUT2D eigenvalue weighted by molar-refractivity contribution is 0.225. The van der Waals surface area contributed by atoms with Gasteiger partial charge in [-0.15, -0.1) is 0 Å². The smallest absolute Gasteiger partial charge is 0.0107 e. The van der Waals surface area contributed by atoms with E-state index in [1.165, 1.54) is 23.1 Å². The van der Waals surface area contributed by atoms with E-state index in [4.69, 9.17) is 0 Å². The minimum Gasteiger partial charge on any atom is -0.317 e. The normalized spacial score (nSPS) is 15.3.